The molecule has 0 bridgehead atoms. The largest absolute Gasteiger partial charge is 0.425 e. The van der Waals surface area contributed by atoms with Gasteiger partial charge < -0.3 is 14.6 Å². The topological polar surface area (TPSA) is 90.3 Å². The second kappa shape index (κ2) is 7.16. The number of esters is 1. The first-order chi connectivity index (χ1) is 10.6. The van der Waals surface area contributed by atoms with E-state index in [0.29, 0.717) is 5.69 Å². The normalized spacial score (nSPS) is 10.0. The molecule has 2 aromatic heterocycles. The van der Waals surface area contributed by atoms with Crippen LogP contribution in [0.25, 0.3) is 0 Å². The first kappa shape index (κ1) is 15.4. The van der Waals surface area contributed by atoms with Crippen molar-refractivity contribution in [2.24, 2.45) is 0 Å². The fourth-order valence-corrected chi connectivity index (χ4v) is 1.79. The lowest BCUT2D eigenvalue weighted by molar-refractivity contribution is -0.131. The van der Waals surface area contributed by atoms with Crippen LogP contribution < -0.4 is 15.6 Å². The van der Waals surface area contributed by atoms with Crippen molar-refractivity contribution >= 4 is 11.9 Å². The molecule has 2 rings (SSSR count). The zero-order valence-electron chi connectivity index (χ0n) is 12.0. The molecule has 0 fully saturated rings. The molecule has 0 aliphatic carbocycles. The molecule has 2 heterocycles. The molecule has 0 aliphatic heterocycles. The molecule has 114 valence electrons. The van der Waals surface area contributed by atoms with Gasteiger partial charge in [-0.1, -0.05) is 6.07 Å². The van der Waals surface area contributed by atoms with Crippen molar-refractivity contribution in [2.45, 2.75) is 13.5 Å². The molecule has 2 aromatic rings. The van der Waals surface area contributed by atoms with Crippen LogP contribution in [0.1, 0.15) is 17.4 Å². The van der Waals surface area contributed by atoms with E-state index in [9.17, 15) is 14.4 Å². The summed E-state index contributed by atoms with van der Waals surface area (Å²) in [7, 11) is 0. The summed E-state index contributed by atoms with van der Waals surface area (Å²) in [5.41, 5.74) is 0.0616. The lowest BCUT2D eigenvalue weighted by Crippen LogP contribution is -2.30. The van der Waals surface area contributed by atoms with Crippen LogP contribution in [0, 0.1) is 0 Å². The molecule has 0 radical (unpaired) electrons. The van der Waals surface area contributed by atoms with Crippen LogP contribution in [-0.4, -0.2) is 28.0 Å². The number of carbonyl (C=O) groups is 2. The second-order valence-electron chi connectivity index (χ2n) is 4.46. The Balaban J connectivity index is 1.95. The Kier molecular flexibility index (Phi) is 5.02. The molecule has 0 saturated heterocycles. The molecule has 1 amide bonds. The monoisotopic (exact) mass is 301 g/mol. The van der Waals surface area contributed by atoms with Gasteiger partial charge in [0.15, 0.2) is 0 Å². The number of ether oxygens (including phenoxy) is 1. The van der Waals surface area contributed by atoms with Gasteiger partial charge in [0.1, 0.15) is 11.4 Å². The van der Waals surface area contributed by atoms with Crippen molar-refractivity contribution in [3.63, 3.8) is 0 Å². The SMILES string of the molecule is CC(=O)Oc1ccc(=O)n(CCNC(=O)c2ccccn2)c1. The number of amides is 1. The van der Waals surface area contributed by atoms with Crippen LogP contribution in [0.2, 0.25) is 0 Å². The van der Waals surface area contributed by atoms with Gasteiger partial charge in [-0.3, -0.25) is 19.4 Å². The average Bonchev–Trinajstić information content (AvgIpc) is 2.50. The summed E-state index contributed by atoms with van der Waals surface area (Å²) in [5.74, 6) is -0.499. The van der Waals surface area contributed by atoms with E-state index in [1.165, 1.54) is 36.0 Å². The molecular formula is C15H15N3O4. The minimum Gasteiger partial charge on any atom is -0.425 e. The summed E-state index contributed by atoms with van der Waals surface area (Å²) in [5, 5.41) is 2.67. The van der Waals surface area contributed by atoms with Gasteiger partial charge in [-0.2, -0.15) is 0 Å². The molecule has 0 atom stereocenters. The molecule has 0 saturated carbocycles. The third-order valence-electron chi connectivity index (χ3n) is 2.75. The number of hydrogen-bond donors (Lipinski definition) is 1. The lowest BCUT2D eigenvalue weighted by Gasteiger charge is -2.09. The van der Waals surface area contributed by atoms with Crippen LogP contribution in [0.5, 0.6) is 5.75 Å². The second-order valence-corrected chi connectivity index (χ2v) is 4.46. The summed E-state index contributed by atoms with van der Waals surface area (Å²) in [4.78, 5) is 38.3. The summed E-state index contributed by atoms with van der Waals surface area (Å²) in [6.45, 7) is 1.79. The number of hydrogen-bond acceptors (Lipinski definition) is 5. The number of nitrogens with one attached hydrogen (secondary N) is 1. The van der Waals surface area contributed by atoms with E-state index >= 15 is 0 Å². The molecule has 0 aliphatic rings. The number of aromatic nitrogens is 2. The molecular weight excluding hydrogens is 286 g/mol. The van der Waals surface area contributed by atoms with E-state index in [0.717, 1.165) is 0 Å². The van der Waals surface area contributed by atoms with Gasteiger partial charge in [-0.05, 0) is 18.2 Å². The maximum atomic E-state index is 11.8. The molecule has 0 spiro atoms. The summed E-state index contributed by atoms with van der Waals surface area (Å²) < 4.78 is 6.27. The van der Waals surface area contributed by atoms with Crippen molar-refractivity contribution in [1.82, 2.24) is 14.9 Å². The van der Waals surface area contributed by atoms with Crippen molar-refractivity contribution in [2.75, 3.05) is 6.54 Å². The highest BCUT2D eigenvalue weighted by Gasteiger charge is 2.06. The van der Waals surface area contributed by atoms with Gasteiger partial charge in [0.2, 0.25) is 0 Å². The molecule has 7 nitrogen and oxygen atoms in total. The Bertz CT molecular complexity index is 725. The van der Waals surface area contributed by atoms with E-state index in [2.05, 4.69) is 10.3 Å². The standard InChI is InChI=1S/C15H15N3O4/c1-11(19)22-12-5-6-14(20)18(10-12)9-8-17-15(21)13-4-2-3-7-16-13/h2-7,10H,8-9H2,1H3,(H,17,21). The summed E-state index contributed by atoms with van der Waals surface area (Å²) in [6, 6.07) is 7.76. The van der Waals surface area contributed by atoms with Crippen LogP contribution in [0.3, 0.4) is 0 Å². The smallest absolute Gasteiger partial charge is 0.308 e. The molecule has 22 heavy (non-hydrogen) atoms. The predicted octanol–water partition coefficient (Wildman–Crippen LogP) is 0.599. The third kappa shape index (κ3) is 4.27. The number of carbonyl (C=O) groups excluding carboxylic acids is 2. The summed E-state index contributed by atoms with van der Waals surface area (Å²) >= 11 is 0. The Labute approximate surface area is 126 Å². The van der Waals surface area contributed by atoms with Gasteiger partial charge in [0.25, 0.3) is 11.5 Å². The van der Waals surface area contributed by atoms with Crippen LogP contribution >= 0.6 is 0 Å². The zero-order chi connectivity index (χ0) is 15.9. The van der Waals surface area contributed by atoms with Gasteiger partial charge in [-0.15, -0.1) is 0 Å². The molecule has 1 N–H and O–H groups in total. The Morgan fingerprint density at radius 2 is 2.09 bits per heavy atom. The predicted molar refractivity (Wildman–Crippen MR) is 78.6 cm³/mol. The highest BCUT2D eigenvalue weighted by atomic mass is 16.5. The highest BCUT2D eigenvalue weighted by molar-refractivity contribution is 5.92. The lowest BCUT2D eigenvalue weighted by atomic mass is 10.3. The summed E-state index contributed by atoms with van der Waals surface area (Å²) in [6.07, 6.45) is 2.96. The van der Waals surface area contributed by atoms with E-state index < -0.39 is 5.97 Å². The van der Waals surface area contributed by atoms with Crippen LogP contribution in [-0.2, 0) is 11.3 Å². The van der Waals surface area contributed by atoms with E-state index in [4.69, 9.17) is 4.74 Å². The van der Waals surface area contributed by atoms with Crippen molar-refractivity contribution in [3.05, 3.63) is 58.8 Å². The van der Waals surface area contributed by atoms with Gasteiger partial charge >= 0.3 is 5.97 Å². The molecule has 0 aromatic carbocycles. The first-order valence-corrected chi connectivity index (χ1v) is 6.64. The van der Waals surface area contributed by atoms with Gasteiger partial charge in [-0.25, -0.2) is 0 Å². The Morgan fingerprint density at radius 3 is 2.77 bits per heavy atom. The maximum Gasteiger partial charge on any atom is 0.308 e. The first-order valence-electron chi connectivity index (χ1n) is 6.64. The fraction of sp³-hybridized carbons (Fsp3) is 0.200. The number of nitrogens with zero attached hydrogens (tertiary/aromatic N) is 2. The molecule has 0 unspecified atom stereocenters. The quantitative estimate of drug-likeness (QED) is 0.817. The van der Waals surface area contributed by atoms with Gasteiger partial charge in [0.05, 0.1) is 6.20 Å². The average molecular weight is 301 g/mol. The van der Waals surface area contributed by atoms with Crippen molar-refractivity contribution in [1.29, 1.82) is 0 Å². The van der Waals surface area contributed by atoms with Crippen LogP contribution in [0.4, 0.5) is 0 Å². The Morgan fingerprint density at radius 1 is 1.27 bits per heavy atom. The van der Waals surface area contributed by atoms with E-state index in [1.807, 2.05) is 0 Å². The molecule has 7 heteroatoms. The fourth-order valence-electron chi connectivity index (χ4n) is 1.79. The minimum absolute atomic E-state index is 0.247. The van der Waals surface area contributed by atoms with E-state index in [-0.39, 0.29) is 30.3 Å². The van der Waals surface area contributed by atoms with Crippen molar-refractivity contribution in [3.8, 4) is 5.75 Å². The maximum absolute atomic E-state index is 11.8. The van der Waals surface area contributed by atoms with Crippen molar-refractivity contribution < 1.29 is 14.3 Å². The minimum atomic E-state index is -0.464. The van der Waals surface area contributed by atoms with Gasteiger partial charge in [0, 0.05) is 32.3 Å². The van der Waals surface area contributed by atoms with E-state index in [1.54, 1.807) is 18.2 Å². The Hall–Kier alpha value is -2.96. The van der Waals surface area contributed by atoms with Crippen LogP contribution in [0.15, 0.2) is 47.5 Å². The zero-order valence-corrected chi connectivity index (χ0v) is 12.0. The number of rotatable bonds is 5. The number of pyridine rings is 2. The third-order valence-corrected chi connectivity index (χ3v) is 2.75. The highest BCUT2D eigenvalue weighted by Crippen LogP contribution is 2.06.